The van der Waals surface area contributed by atoms with Crippen LogP contribution in [0.3, 0.4) is 0 Å². The highest BCUT2D eigenvalue weighted by Gasteiger charge is 2.15. The lowest BCUT2D eigenvalue weighted by molar-refractivity contribution is 0.0752. The molecule has 3 heteroatoms. The Kier molecular flexibility index (Phi) is 4.51. The van der Waals surface area contributed by atoms with Gasteiger partial charge in [0.15, 0.2) is 0 Å². The quantitative estimate of drug-likeness (QED) is 0.852. The third-order valence-corrected chi connectivity index (χ3v) is 3.26. The number of aryl methyl sites for hydroxylation is 2. The van der Waals surface area contributed by atoms with Gasteiger partial charge in [-0.25, -0.2) is 0 Å². The maximum Gasteiger partial charge on any atom is 0.254 e. The van der Waals surface area contributed by atoms with Gasteiger partial charge in [0.05, 0.1) is 0 Å². The molecule has 0 aliphatic heterocycles. The molecule has 20 heavy (non-hydrogen) atoms. The molecule has 2 rings (SSSR count). The molecule has 0 atom stereocenters. The summed E-state index contributed by atoms with van der Waals surface area (Å²) in [5, 5.41) is 0. The van der Waals surface area contributed by atoms with E-state index >= 15 is 0 Å². The highest BCUT2D eigenvalue weighted by atomic mass is 16.2. The standard InChI is InChI=1S/C17H20N2O/c1-4-19(12-15-5-7-18-8-6-15)17(20)16-10-13(2)9-14(3)11-16/h5-11H,4,12H2,1-3H3. The molecule has 1 heterocycles. The van der Waals surface area contributed by atoms with Crippen LogP contribution in [0.2, 0.25) is 0 Å². The number of nitrogens with zero attached hydrogens (tertiary/aromatic N) is 2. The highest BCUT2D eigenvalue weighted by molar-refractivity contribution is 5.94. The minimum absolute atomic E-state index is 0.0797. The van der Waals surface area contributed by atoms with Crippen molar-refractivity contribution < 1.29 is 4.79 Å². The van der Waals surface area contributed by atoms with E-state index in [2.05, 4.69) is 11.1 Å². The van der Waals surface area contributed by atoms with Crippen LogP contribution in [0.25, 0.3) is 0 Å². The number of carbonyl (C=O) groups is 1. The monoisotopic (exact) mass is 268 g/mol. The molecule has 3 nitrogen and oxygen atoms in total. The number of carbonyl (C=O) groups excluding carboxylic acids is 1. The topological polar surface area (TPSA) is 33.2 Å². The Hall–Kier alpha value is -2.16. The summed E-state index contributed by atoms with van der Waals surface area (Å²) in [6.07, 6.45) is 3.51. The smallest absolute Gasteiger partial charge is 0.254 e. The van der Waals surface area contributed by atoms with Gasteiger partial charge in [0.25, 0.3) is 5.91 Å². The van der Waals surface area contributed by atoms with Crippen LogP contribution in [-0.2, 0) is 6.54 Å². The van der Waals surface area contributed by atoms with Crippen LogP contribution in [0.1, 0.15) is 34.0 Å². The van der Waals surface area contributed by atoms with Crippen molar-refractivity contribution in [3.8, 4) is 0 Å². The number of pyridine rings is 1. The van der Waals surface area contributed by atoms with Crippen molar-refractivity contribution >= 4 is 5.91 Å². The van der Waals surface area contributed by atoms with Crippen molar-refractivity contribution in [3.63, 3.8) is 0 Å². The molecule has 1 aromatic heterocycles. The summed E-state index contributed by atoms with van der Waals surface area (Å²) in [7, 11) is 0. The summed E-state index contributed by atoms with van der Waals surface area (Å²) in [4.78, 5) is 18.4. The lowest BCUT2D eigenvalue weighted by Gasteiger charge is -2.21. The van der Waals surface area contributed by atoms with Gasteiger partial charge in [-0.1, -0.05) is 17.2 Å². The van der Waals surface area contributed by atoms with Gasteiger partial charge in [-0.3, -0.25) is 9.78 Å². The van der Waals surface area contributed by atoms with E-state index in [1.807, 2.05) is 49.9 Å². The lowest BCUT2D eigenvalue weighted by atomic mass is 10.1. The first-order chi connectivity index (χ1) is 9.60. The first kappa shape index (κ1) is 14.3. The number of benzene rings is 1. The Morgan fingerprint density at radius 1 is 1.10 bits per heavy atom. The van der Waals surface area contributed by atoms with E-state index < -0.39 is 0 Å². The Labute approximate surface area is 120 Å². The van der Waals surface area contributed by atoms with Crippen molar-refractivity contribution in [1.82, 2.24) is 9.88 Å². The fourth-order valence-electron chi connectivity index (χ4n) is 2.32. The number of amides is 1. The lowest BCUT2D eigenvalue weighted by Crippen LogP contribution is -2.30. The van der Waals surface area contributed by atoms with Crippen LogP contribution in [0.5, 0.6) is 0 Å². The molecule has 0 saturated heterocycles. The second kappa shape index (κ2) is 6.33. The number of rotatable bonds is 4. The summed E-state index contributed by atoms with van der Waals surface area (Å²) in [6, 6.07) is 9.86. The van der Waals surface area contributed by atoms with E-state index in [0.29, 0.717) is 13.1 Å². The largest absolute Gasteiger partial charge is 0.335 e. The number of hydrogen-bond donors (Lipinski definition) is 0. The SMILES string of the molecule is CCN(Cc1ccncc1)C(=O)c1cc(C)cc(C)c1. The molecule has 0 aliphatic carbocycles. The van der Waals surface area contributed by atoms with E-state index in [-0.39, 0.29) is 5.91 Å². The first-order valence-corrected chi connectivity index (χ1v) is 6.86. The first-order valence-electron chi connectivity index (χ1n) is 6.86. The molecule has 0 unspecified atom stereocenters. The van der Waals surface area contributed by atoms with Gasteiger partial charge in [0, 0.05) is 31.0 Å². The van der Waals surface area contributed by atoms with Crippen LogP contribution in [0, 0.1) is 13.8 Å². The second-order valence-electron chi connectivity index (χ2n) is 5.05. The Morgan fingerprint density at radius 2 is 1.70 bits per heavy atom. The molecule has 0 radical (unpaired) electrons. The Morgan fingerprint density at radius 3 is 2.25 bits per heavy atom. The van der Waals surface area contributed by atoms with Gasteiger partial charge in [-0.15, -0.1) is 0 Å². The van der Waals surface area contributed by atoms with Crippen molar-refractivity contribution in [2.24, 2.45) is 0 Å². The zero-order valence-corrected chi connectivity index (χ0v) is 12.3. The predicted molar refractivity (Wildman–Crippen MR) is 80.6 cm³/mol. The maximum atomic E-state index is 12.6. The summed E-state index contributed by atoms with van der Waals surface area (Å²) < 4.78 is 0. The Bertz CT molecular complexity index is 573. The molecule has 0 bridgehead atoms. The second-order valence-corrected chi connectivity index (χ2v) is 5.05. The van der Waals surface area contributed by atoms with E-state index in [4.69, 9.17) is 0 Å². The predicted octanol–water partition coefficient (Wildman–Crippen LogP) is 3.36. The highest BCUT2D eigenvalue weighted by Crippen LogP contribution is 2.13. The van der Waals surface area contributed by atoms with Crippen molar-refractivity contribution in [2.45, 2.75) is 27.3 Å². The average molecular weight is 268 g/mol. The zero-order chi connectivity index (χ0) is 14.5. The minimum atomic E-state index is 0.0797. The molecular formula is C17H20N2O. The molecule has 104 valence electrons. The summed E-state index contributed by atoms with van der Waals surface area (Å²) in [5.74, 6) is 0.0797. The third-order valence-electron chi connectivity index (χ3n) is 3.26. The molecule has 1 aromatic carbocycles. The van der Waals surface area contributed by atoms with E-state index in [9.17, 15) is 4.79 Å². The summed E-state index contributed by atoms with van der Waals surface area (Å²) >= 11 is 0. The normalized spacial score (nSPS) is 10.3. The maximum absolute atomic E-state index is 12.6. The van der Waals surface area contributed by atoms with E-state index in [0.717, 1.165) is 22.3 Å². The molecule has 1 amide bonds. The summed E-state index contributed by atoms with van der Waals surface area (Å²) in [5.41, 5.74) is 4.10. The summed E-state index contributed by atoms with van der Waals surface area (Å²) in [6.45, 7) is 7.34. The minimum Gasteiger partial charge on any atom is -0.335 e. The average Bonchev–Trinajstić information content (AvgIpc) is 2.44. The van der Waals surface area contributed by atoms with Crippen LogP contribution < -0.4 is 0 Å². The molecule has 0 N–H and O–H groups in total. The molecule has 0 aliphatic rings. The van der Waals surface area contributed by atoms with Gasteiger partial charge in [0.1, 0.15) is 0 Å². The molecular weight excluding hydrogens is 248 g/mol. The van der Waals surface area contributed by atoms with Gasteiger partial charge < -0.3 is 4.90 Å². The van der Waals surface area contributed by atoms with Gasteiger partial charge >= 0.3 is 0 Å². The van der Waals surface area contributed by atoms with Gasteiger partial charge in [-0.05, 0) is 50.6 Å². The zero-order valence-electron chi connectivity index (χ0n) is 12.3. The fraction of sp³-hybridized carbons (Fsp3) is 0.294. The van der Waals surface area contributed by atoms with E-state index in [1.54, 1.807) is 12.4 Å². The van der Waals surface area contributed by atoms with Crippen LogP contribution >= 0.6 is 0 Å². The number of hydrogen-bond acceptors (Lipinski definition) is 2. The van der Waals surface area contributed by atoms with Crippen LogP contribution in [0.15, 0.2) is 42.7 Å². The molecule has 0 spiro atoms. The molecule has 2 aromatic rings. The van der Waals surface area contributed by atoms with Gasteiger partial charge in [0.2, 0.25) is 0 Å². The van der Waals surface area contributed by atoms with E-state index in [1.165, 1.54) is 0 Å². The van der Waals surface area contributed by atoms with Crippen molar-refractivity contribution in [2.75, 3.05) is 6.54 Å². The van der Waals surface area contributed by atoms with Crippen molar-refractivity contribution in [3.05, 3.63) is 65.0 Å². The van der Waals surface area contributed by atoms with Crippen LogP contribution in [0.4, 0.5) is 0 Å². The Balaban J connectivity index is 2.20. The van der Waals surface area contributed by atoms with Crippen molar-refractivity contribution in [1.29, 1.82) is 0 Å². The third kappa shape index (κ3) is 3.44. The number of aromatic nitrogens is 1. The molecule has 0 fully saturated rings. The molecule has 0 saturated carbocycles. The fourth-order valence-corrected chi connectivity index (χ4v) is 2.32. The van der Waals surface area contributed by atoms with Gasteiger partial charge in [-0.2, -0.15) is 0 Å². The van der Waals surface area contributed by atoms with Crippen LogP contribution in [-0.4, -0.2) is 22.3 Å².